The predicted octanol–water partition coefficient (Wildman–Crippen LogP) is 1.57. The number of nitrogens with zero attached hydrogens (tertiary/aromatic N) is 3. The quantitative estimate of drug-likeness (QED) is 0.844. The molecule has 2 aromatic heterocycles. The van der Waals surface area contributed by atoms with Crippen LogP contribution in [0.25, 0.3) is 0 Å². The van der Waals surface area contributed by atoms with Crippen molar-refractivity contribution in [2.75, 3.05) is 6.54 Å². The molecule has 0 radical (unpaired) electrons. The highest BCUT2D eigenvalue weighted by atomic mass is 14.9. The summed E-state index contributed by atoms with van der Waals surface area (Å²) in [6.07, 6.45) is 6.16. The Bertz CT molecular complexity index is 456. The number of nitrogens with one attached hydrogen (secondary N) is 1. The Hall–Kier alpha value is -1.81. The minimum absolute atomic E-state index is 0.730. The van der Waals surface area contributed by atoms with E-state index in [0.717, 1.165) is 36.6 Å². The molecular formula is C13H16N4. The SMILES string of the molecule is CCNCc1ccnc(Cc2cccnc2)n1. The largest absolute Gasteiger partial charge is 0.311 e. The Morgan fingerprint density at radius 3 is 2.94 bits per heavy atom. The molecule has 0 saturated heterocycles. The van der Waals surface area contributed by atoms with Crippen LogP contribution in [0.3, 0.4) is 0 Å². The third-order valence-corrected chi connectivity index (χ3v) is 2.40. The number of hydrogen-bond acceptors (Lipinski definition) is 4. The second-order valence-corrected chi connectivity index (χ2v) is 3.78. The summed E-state index contributed by atoms with van der Waals surface area (Å²) in [4.78, 5) is 12.9. The lowest BCUT2D eigenvalue weighted by atomic mass is 10.2. The van der Waals surface area contributed by atoms with E-state index in [-0.39, 0.29) is 0 Å². The van der Waals surface area contributed by atoms with Gasteiger partial charge in [0.05, 0.1) is 5.69 Å². The second-order valence-electron chi connectivity index (χ2n) is 3.78. The van der Waals surface area contributed by atoms with Crippen molar-refractivity contribution in [1.82, 2.24) is 20.3 Å². The van der Waals surface area contributed by atoms with E-state index in [1.807, 2.05) is 30.6 Å². The predicted molar refractivity (Wildman–Crippen MR) is 66.5 cm³/mol. The molecule has 0 aromatic carbocycles. The summed E-state index contributed by atoms with van der Waals surface area (Å²) >= 11 is 0. The van der Waals surface area contributed by atoms with Crippen molar-refractivity contribution in [2.45, 2.75) is 19.9 Å². The Labute approximate surface area is 101 Å². The van der Waals surface area contributed by atoms with Crippen LogP contribution in [0, 0.1) is 0 Å². The summed E-state index contributed by atoms with van der Waals surface area (Å²) in [6.45, 7) is 3.82. The van der Waals surface area contributed by atoms with Gasteiger partial charge in [0.15, 0.2) is 0 Å². The molecule has 17 heavy (non-hydrogen) atoms. The van der Waals surface area contributed by atoms with Crippen LogP contribution in [-0.2, 0) is 13.0 Å². The molecular weight excluding hydrogens is 212 g/mol. The highest BCUT2D eigenvalue weighted by Gasteiger charge is 2.00. The van der Waals surface area contributed by atoms with Crippen LogP contribution in [0.1, 0.15) is 24.0 Å². The Morgan fingerprint density at radius 2 is 2.18 bits per heavy atom. The van der Waals surface area contributed by atoms with Crippen LogP contribution in [0.5, 0.6) is 0 Å². The molecule has 0 spiro atoms. The van der Waals surface area contributed by atoms with Gasteiger partial charge < -0.3 is 5.32 Å². The fourth-order valence-corrected chi connectivity index (χ4v) is 1.56. The molecule has 4 nitrogen and oxygen atoms in total. The fourth-order valence-electron chi connectivity index (χ4n) is 1.56. The molecule has 1 N–H and O–H groups in total. The van der Waals surface area contributed by atoms with E-state index in [2.05, 4.69) is 27.2 Å². The van der Waals surface area contributed by atoms with Gasteiger partial charge in [-0.1, -0.05) is 13.0 Å². The van der Waals surface area contributed by atoms with Gasteiger partial charge in [-0.05, 0) is 24.2 Å². The van der Waals surface area contributed by atoms with Crippen molar-refractivity contribution in [3.8, 4) is 0 Å². The van der Waals surface area contributed by atoms with Gasteiger partial charge in [0, 0.05) is 31.6 Å². The summed E-state index contributed by atoms with van der Waals surface area (Å²) < 4.78 is 0. The number of hydrogen-bond donors (Lipinski definition) is 1. The Balaban J connectivity index is 2.06. The maximum Gasteiger partial charge on any atom is 0.133 e. The summed E-state index contributed by atoms with van der Waals surface area (Å²) in [5.74, 6) is 0.841. The third-order valence-electron chi connectivity index (χ3n) is 2.40. The highest BCUT2D eigenvalue weighted by molar-refractivity contribution is 5.15. The molecule has 0 unspecified atom stereocenters. The lowest BCUT2D eigenvalue weighted by Crippen LogP contribution is -2.13. The number of pyridine rings is 1. The second kappa shape index (κ2) is 6.06. The average Bonchev–Trinajstić information content (AvgIpc) is 2.38. The molecule has 2 rings (SSSR count). The monoisotopic (exact) mass is 228 g/mol. The zero-order valence-corrected chi connectivity index (χ0v) is 9.93. The average molecular weight is 228 g/mol. The van der Waals surface area contributed by atoms with E-state index in [1.165, 1.54) is 0 Å². The molecule has 88 valence electrons. The molecule has 0 atom stereocenters. The topological polar surface area (TPSA) is 50.7 Å². The van der Waals surface area contributed by atoms with Crippen LogP contribution in [0.2, 0.25) is 0 Å². The normalized spacial score (nSPS) is 10.4. The van der Waals surface area contributed by atoms with Gasteiger partial charge in [0.1, 0.15) is 5.82 Å². The van der Waals surface area contributed by atoms with E-state index in [0.29, 0.717) is 0 Å². The molecule has 0 fully saturated rings. The maximum absolute atomic E-state index is 4.50. The van der Waals surface area contributed by atoms with E-state index in [1.54, 1.807) is 6.20 Å². The molecule has 0 saturated carbocycles. The lowest BCUT2D eigenvalue weighted by molar-refractivity contribution is 0.702. The van der Waals surface area contributed by atoms with Crippen LogP contribution in [0.4, 0.5) is 0 Å². The zero-order chi connectivity index (χ0) is 11.9. The third kappa shape index (κ3) is 3.60. The van der Waals surface area contributed by atoms with Crippen molar-refractivity contribution < 1.29 is 0 Å². The lowest BCUT2D eigenvalue weighted by Gasteiger charge is -2.04. The van der Waals surface area contributed by atoms with Gasteiger partial charge in [0.2, 0.25) is 0 Å². The zero-order valence-electron chi connectivity index (χ0n) is 9.93. The van der Waals surface area contributed by atoms with Gasteiger partial charge in [-0.25, -0.2) is 9.97 Å². The standard InChI is InChI=1S/C13H16N4/c1-2-14-10-12-5-7-16-13(17-12)8-11-4-3-6-15-9-11/h3-7,9,14H,2,8,10H2,1H3. The summed E-state index contributed by atoms with van der Waals surface area (Å²) in [5, 5.41) is 3.25. The molecule has 0 aliphatic heterocycles. The Kier molecular flexibility index (Phi) is 4.16. The first-order valence-corrected chi connectivity index (χ1v) is 5.79. The van der Waals surface area contributed by atoms with Crippen LogP contribution >= 0.6 is 0 Å². The van der Waals surface area contributed by atoms with Gasteiger partial charge in [-0.2, -0.15) is 0 Å². The van der Waals surface area contributed by atoms with Crippen molar-refractivity contribution >= 4 is 0 Å². The van der Waals surface area contributed by atoms with Gasteiger partial charge in [0.25, 0.3) is 0 Å². The van der Waals surface area contributed by atoms with Gasteiger partial charge in [-0.3, -0.25) is 4.98 Å². The first-order chi connectivity index (χ1) is 8.38. The highest BCUT2D eigenvalue weighted by Crippen LogP contribution is 2.04. The van der Waals surface area contributed by atoms with Crippen molar-refractivity contribution in [1.29, 1.82) is 0 Å². The Morgan fingerprint density at radius 1 is 1.24 bits per heavy atom. The first kappa shape index (κ1) is 11.7. The van der Waals surface area contributed by atoms with E-state index >= 15 is 0 Å². The number of rotatable bonds is 5. The minimum Gasteiger partial charge on any atom is -0.311 e. The van der Waals surface area contributed by atoms with E-state index in [4.69, 9.17) is 0 Å². The molecule has 2 heterocycles. The smallest absolute Gasteiger partial charge is 0.133 e. The fraction of sp³-hybridized carbons (Fsp3) is 0.308. The van der Waals surface area contributed by atoms with Crippen LogP contribution in [0.15, 0.2) is 36.8 Å². The molecule has 0 aliphatic rings. The summed E-state index contributed by atoms with van der Waals surface area (Å²) in [6, 6.07) is 5.90. The van der Waals surface area contributed by atoms with Crippen molar-refractivity contribution in [3.05, 3.63) is 53.9 Å². The number of aromatic nitrogens is 3. The van der Waals surface area contributed by atoms with E-state index < -0.39 is 0 Å². The summed E-state index contributed by atoms with van der Waals surface area (Å²) in [5.41, 5.74) is 2.16. The van der Waals surface area contributed by atoms with Crippen molar-refractivity contribution in [3.63, 3.8) is 0 Å². The first-order valence-electron chi connectivity index (χ1n) is 5.79. The van der Waals surface area contributed by atoms with Crippen LogP contribution < -0.4 is 5.32 Å². The molecule has 2 aromatic rings. The maximum atomic E-state index is 4.50. The van der Waals surface area contributed by atoms with Gasteiger partial charge in [-0.15, -0.1) is 0 Å². The molecule has 0 aliphatic carbocycles. The minimum atomic E-state index is 0.730. The van der Waals surface area contributed by atoms with E-state index in [9.17, 15) is 0 Å². The molecule has 0 bridgehead atoms. The van der Waals surface area contributed by atoms with Crippen LogP contribution in [-0.4, -0.2) is 21.5 Å². The summed E-state index contributed by atoms with van der Waals surface area (Å²) in [7, 11) is 0. The molecule has 0 amide bonds. The van der Waals surface area contributed by atoms with Gasteiger partial charge >= 0.3 is 0 Å². The molecule has 4 heteroatoms. The van der Waals surface area contributed by atoms with Crippen molar-refractivity contribution in [2.24, 2.45) is 0 Å².